The average molecular weight is 364 g/mol. The van der Waals surface area contributed by atoms with Gasteiger partial charge < -0.3 is 5.32 Å². The Balaban J connectivity index is 2.43. The number of rotatable bonds is 5. The number of benzene rings is 1. The van der Waals surface area contributed by atoms with Gasteiger partial charge in [-0.15, -0.1) is 11.3 Å². The molecule has 0 bridgehead atoms. The fraction of sp³-hybridized carbons (Fsp3) is 0.286. The fourth-order valence-corrected chi connectivity index (χ4v) is 3.13. The summed E-state index contributed by atoms with van der Waals surface area (Å²) in [4.78, 5) is 0. The Bertz CT molecular complexity index is 600. The van der Waals surface area contributed by atoms with Crippen molar-refractivity contribution in [3.05, 3.63) is 55.9 Å². The van der Waals surface area contributed by atoms with Gasteiger partial charge in [-0.05, 0) is 52.0 Å². The second-order valence-corrected chi connectivity index (χ2v) is 6.65. The molecule has 0 radical (unpaired) electrons. The zero-order valence-electron chi connectivity index (χ0n) is 10.7. The molecule has 0 aliphatic rings. The van der Waals surface area contributed by atoms with Crippen molar-refractivity contribution >= 4 is 27.3 Å². The molecule has 1 aromatic heterocycles. The van der Waals surface area contributed by atoms with Crippen LogP contribution >= 0.6 is 27.3 Å². The van der Waals surface area contributed by atoms with Gasteiger partial charge in [0.15, 0.2) is 11.6 Å². The third kappa shape index (κ3) is 3.42. The van der Waals surface area contributed by atoms with E-state index in [9.17, 15) is 13.2 Å². The van der Waals surface area contributed by atoms with E-state index in [0.29, 0.717) is 12.6 Å². The highest BCUT2D eigenvalue weighted by atomic mass is 79.9. The van der Waals surface area contributed by atoms with Gasteiger partial charge in [0.1, 0.15) is 5.82 Å². The number of nitrogens with one attached hydrogen (secondary N) is 1. The first-order chi connectivity index (χ1) is 9.52. The highest BCUT2D eigenvalue weighted by molar-refractivity contribution is 9.11. The summed E-state index contributed by atoms with van der Waals surface area (Å²) in [6.07, 6.45) is 0.854. The minimum absolute atomic E-state index is 0.114. The van der Waals surface area contributed by atoms with E-state index in [1.807, 2.05) is 18.4 Å². The van der Waals surface area contributed by atoms with E-state index in [1.165, 1.54) is 11.3 Å². The summed E-state index contributed by atoms with van der Waals surface area (Å²) in [5.41, 5.74) is 0.933. The van der Waals surface area contributed by atoms with Gasteiger partial charge >= 0.3 is 0 Å². The average Bonchev–Trinajstić information content (AvgIpc) is 2.82. The van der Waals surface area contributed by atoms with E-state index in [-0.39, 0.29) is 5.56 Å². The topological polar surface area (TPSA) is 12.0 Å². The molecule has 2 rings (SSSR count). The summed E-state index contributed by atoms with van der Waals surface area (Å²) >= 11 is 4.81. The Labute approximate surface area is 128 Å². The first-order valence-corrected chi connectivity index (χ1v) is 7.82. The highest BCUT2D eigenvalue weighted by Crippen LogP contribution is 2.31. The maximum Gasteiger partial charge on any atom is 0.161 e. The molecule has 0 aliphatic heterocycles. The predicted octanol–water partition coefficient (Wildman–Crippen LogP) is 5.02. The van der Waals surface area contributed by atoms with Crippen molar-refractivity contribution in [3.63, 3.8) is 0 Å². The molecule has 6 heteroatoms. The molecule has 0 amide bonds. The molecule has 108 valence electrons. The van der Waals surface area contributed by atoms with Crippen molar-refractivity contribution < 1.29 is 13.2 Å². The largest absolute Gasteiger partial charge is 0.306 e. The lowest BCUT2D eigenvalue weighted by atomic mass is 10.00. The van der Waals surface area contributed by atoms with Crippen molar-refractivity contribution in [2.24, 2.45) is 0 Å². The first-order valence-electron chi connectivity index (χ1n) is 6.14. The Morgan fingerprint density at radius 3 is 2.45 bits per heavy atom. The predicted molar refractivity (Wildman–Crippen MR) is 78.5 cm³/mol. The molecule has 1 N–H and O–H groups in total. The smallest absolute Gasteiger partial charge is 0.161 e. The van der Waals surface area contributed by atoms with Gasteiger partial charge in [0, 0.05) is 11.6 Å². The van der Waals surface area contributed by atoms with Gasteiger partial charge in [-0.25, -0.2) is 13.2 Å². The summed E-state index contributed by atoms with van der Waals surface area (Å²) in [5, 5.41) is 5.02. The standard InChI is InChI=1S/C14H13BrF3NS/c1-2-3-19-14(8-4-13(15)20-7-8)9-5-11(17)12(18)6-10(9)16/h4-7,14,19H,2-3H2,1H3. The Morgan fingerprint density at radius 2 is 1.85 bits per heavy atom. The van der Waals surface area contributed by atoms with Gasteiger partial charge in [0.05, 0.1) is 9.83 Å². The van der Waals surface area contributed by atoms with E-state index >= 15 is 0 Å². The summed E-state index contributed by atoms with van der Waals surface area (Å²) in [6, 6.07) is 2.86. The Hall–Kier alpha value is -0.850. The van der Waals surface area contributed by atoms with Crippen LogP contribution in [0.25, 0.3) is 0 Å². The molecule has 20 heavy (non-hydrogen) atoms. The van der Waals surface area contributed by atoms with Gasteiger partial charge in [-0.1, -0.05) is 6.92 Å². The molecule has 2 aromatic rings. The van der Waals surface area contributed by atoms with Crippen LogP contribution in [0.2, 0.25) is 0 Å². The van der Waals surface area contributed by atoms with E-state index in [2.05, 4.69) is 21.2 Å². The minimum Gasteiger partial charge on any atom is -0.306 e. The third-order valence-electron chi connectivity index (χ3n) is 2.87. The second-order valence-electron chi connectivity index (χ2n) is 4.36. The Kier molecular flexibility index (Phi) is 5.23. The number of halogens is 4. The summed E-state index contributed by atoms with van der Waals surface area (Å²) in [5.74, 6) is -2.97. The summed E-state index contributed by atoms with van der Waals surface area (Å²) in [6.45, 7) is 2.63. The van der Waals surface area contributed by atoms with E-state index in [0.717, 1.165) is 21.8 Å². The summed E-state index contributed by atoms with van der Waals surface area (Å²) in [7, 11) is 0. The molecule has 1 heterocycles. The van der Waals surface area contributed by atoms with Crippen molar-refractivity contribution in [2.45, 2.75) is 19.4 Å². The molecule has 0 spiro atoms. The van der Waals surface area contributed by atoms with Gasteiger partial charge in [0.2, 0.25) is 0 Å². The molecule has 0 fully saturated rings. The van der Waals surface area contributed by atoms with Crippen molar-refractivity contribution in [2.75, 3.05) is 6.54 Å². The first kappa shape index (κ1) is 15.5. The number of hydrogen-bond acceptors (Lipinski definition) is 2. The summed E-state index contributed by atoms with van der Waals surface area (Å²) < 4.78 is 41.3. The molecule has 0 saturated heterocycles. The van der Waals surface area contributed by atoms with Crippen LogP contribution in [0.3, 0.4) is 0 Å². The second kappa shape index (κ2) is 6.74. The zero-order chi connectivity index (χ0) is 14.7. The van der Waals surface area contributed by atoms with E-state index in [1.54, 1.807) is 0 Å². The van der Waals surface area contributed by atoms with Crippen LogP contribution in [0.4, 0.5) is 13.2 Å². The lowest BCUT2D eigenvalue weighted by Crippen LogP contribution is -2.24. The fourth-order valence-electron chi connectivity index (χ4n) is 1.93. The highest BCUT2D eigenvalue weighted by Gasteiger charge is 2.21. The van der Waals surface area contributed by atoms with Crippen molar-refractivity contribution in [3.8, 4) is 0 Å². The minimum atomic E-state index is -1.17. The molecule has 1 atom stereocenters. The van der Waals surface area contributed by atoms with Crippen LogP contribution in [0, 0.1) is 17.5 Å². The maximum atomic E-state index is 13.9. The lowest BCUT2D eigenvalue weighted by Gasteiger charge is -2.19. The molecule has 1 unspecified atom stereocenters. The van der Waals surface area contributed by atoms with E-state index in [4.69, 9.17) is 0 Å². The van der Waals surface area contributed by atoms with Crippen LogP contribution in [0.15, 0.2) is 27.4 Å². The SMILES string of the molecule is CCCNC(c1csc(Br)c1)c1cc(F)c(F)cc1F. The quantitative estimate of drug-likeness (QED) is 0.735. The monoisotopic (exact) mass is 363 g/mol. The lowest BCUT2D eigenvalue weighted by molar-refractivity contribution is 0.479. The number of thiophene rings is 1. The third-order valence-corrected chi connectivity index (χ3v) is 4.39. The van der Waals surface area contributed by atoms with Crippen molar-refractivity contribution in [1.29, 1.82) is 0 Å². The van der Waals surface area contributed by atoms with Crippen LogP contribution in [0.1, 0.15) is 30.5 Å². The molecular formula is C14H13BrF3NS. The number of hydrogen-bond donors (Lipinski definition) is 1. The van der Waals surface area contributed by atoms with Gasteiger partial charge in [-0.2, -0.15) is 0 Å². The maximum absolute atomic E-state index is 13.9. The normalized spacial score (nSPS) is 12.7. The van der Waals surface area contributed by atoms with Crippen LogP contribution in [-0.4, -0.2) is 6.54 Å². The van der Waals surface area contributed by atoms with Crippen LogP contribution in [-0.2, 0) is 0 Å². The molecule has 1 nitrogen and oxygen atoms in total. The Morgan fingerprint density at radius 1 is 1.15 bits per heavy atom. The zero-order valence-corrected chi connectivity index (χ0v) is 13.1. The molecule has 1 aromatic carbocycles. The van der Waals surface area contributed by atoms with Crippen LogP contribution < -0.4 is 5.32 Å². The van der Waals surface area contributed by atoms with Crippen molar-refractivity contribution in [1.82, 2.24) is 5.32 Å². The van der Waals surface area contributed by atoms with E-state index < -0.39 is 23.5 Å². The molecular weight excluding hydrogens is 351 g/mol. The van der Waals surface area contributed by atoms with Gasteiger partial charge in [0.25, 0.3) is 0 Å². The van der Waals surface area contributed by atoms with Crippen LogP contribution in [0.5, 0.6) is 0 Å². The van der Waals surface area contributed by atoms with Gasteiger partial charge in [-0.3, -0.25) is 0 Å². The molecule has 0 aliphatic carbocycles. The molecule has 0 saturated carbocycles.